The Labute approximate surface area is 106 Å². The Morgan fingerprint density at radius 1 is 1.67 bits per heavy atom. The molecule has 1 atom stereocenters. The fourth-order valence-electron chi connectivity index (χ4n) is 2.29. The second-order valence-electron chi connectivity index (χ2n) is 4.52. The van der Waals surface area contributed by atoms with E-state index in [0.717, 1.165) is 12.8 Å². The first-order chi connectivity index (χ1) is 8.67. The summed E-state index contributed by atoms with van der Waals surface area (Å²) < 4.78 is 5.13. The topological polar surface area (TPSA) is 78.6 Å². The maximum Gasteiger partial charge on any atom is 0.322 e. The maximum atomic E-state index is 12.1. The molecule has 2 rings (SSSR count). The Bertz CT molecular complexity index is 430. The molecule has 0 bridgehead atoms. The van der Waals surface area contributed by atoms with E-state index < -0.39 is 0 Å². The highest BCUT2D eigenvalue weighted by molar-refractivity contribution is 5.90. The minimum Gasteiger partial charge on any atom is -0.394 e. The molecular formula is C12H19N3O3. The number of aliphatic hydroxyl groups is 1. The molecule has 6 heteroatoms. The summed E-state index contributed by atoms with van der Waals surface area (Å²) in [5, 5.41) is 15.9. The van der Waals surface area contributed by atoms with Gasteiger partial charge in [0.1, 0.15) is 11.4 Å². The van der Waals surface area contributed by atoms with Crippen molar-refractivity contribution < 1.29 is 14.4 Å². The standard InChI is InChI=1S/C12H19N3O3/c1-3-10-11(8(2)14-18-10)13-12(17)15-6-4-5-9(15)7-16/h9,16H,3-7H2,1-2H3,(H,13,17). The van der Waals surface area contributed by atoms with E-state index in [1.54, 1.807) is 11.8 Å². The number of aryl methyl sites for hydroxylation is 2. The quantitative estimate of drug-likeness (QED) is 0.856. The molecule has 2 amide bonds. The summed E-state index contributed by atoms with van der Waals surface area (Å²) in [5.41, 5.74) is 1.34. The molecule has 2 heterocycles. The second kappa shape index (κ2) is 5.39. The number of carbonyl (C=O) groups excluding carboxylic acids is 1. The first-order valence-corrected chi connectivity index (χ1v) is 6.31. The van der Waals surface area contributed by atoms with Gasteiger partial charge in [-0.05, 0) is 19.8 Å². The van der Waals surface area contributed by atoms with Gasteiger partial charge in [0.2, 0.25) is 0 Å². The van der Waals surface area contributed by atoms with Crippen LogP contribution in [0.4, 0.5) is 10.5 Å². The lowest BCUT2D eigenvalue weighted by molar-refractivity contribution is 0.166. The molecule has 18 heavy (non-hydrogen) atoms. The number of rotatable bonds is 3. The van der Waals surface area contributed by atoms with Crippen LogP contribution in [0.3, 0.4) is 0 Å². The number of hydrogen-bond acceptors (Lipinski definition) is 4. The molecule has 1 fully saturated rings. The average Bonchev–Trinajstić information content (AvgIpc) is 2.97. The normalized spacial score (nSPS) is 19.3. The van der Waals surface area contributed by atoms with Crippen molar-refractivity contribution >= 4 is 11.7 Å². The number of nitrogens with zero attached hydrogens (tertiary/aromatic N) is 2. The van der Waals surface area contributed by atoms with Crippen molar-refractivity contribution in [1.82, 2.24) is 10.1 Å². The van der Waals surface area contributed by atoms with Crippen molar-refractivity contribution in [1.29, 1.82) is 0 Å². The number of hydrogen-bond donors (Lipinski definition) is 2. The van der Waals surface area contributed by atoms with Crippen LogP contribution < -0.4 is 5.32 Å². The summed E-state index contributed by atoms with van der Waals surface area (Å²) in [6.07, 6.45) is 2.47. The number of aliphatic hydroxyl groups excluding tert-OH is 1. The third-order valence-corrected chi connectivity index (χ3v) is 3.34. The SMILES string of the molecule is CCc1onc(C)c1NC(=O)N1CCCC1CO. The molecule has 1 saturated heterocycles. The summed E-state index contributed by atoms with van der Waals surface area (Å²) in [5.74, 6) is 0.681. The third-order valence-electron chi connectivity index (χ3n) is 3.34. The number of aromatic nitrogens is 1. The Morgan fingerprint density at radius 2 is 2.44 bits per heavy atom. The average molecular weight is 253 g/mol. The molecule has 1 aliphatic heterocycles. The number of likely N-dealkylation sites (tertiary alicyclic amines) is 1. The van der Waals surface area contributed by atoms with E-state index >= 15 is 0 Å². The first kappa shape index (κ1) is 12.9. The monoisotopic (exact) mass is 253 g/mol. The molecule has 2 N–H and O–H groups in total. The Kier molecular flexibility index (Phi) is 3.86. The minimum absolute atomic E-state index is 0.0106. The summed E-state index contributed by atoms with van der Waals surface area (Å²) >= 11 is 0. The maximum absolute atomic E-state index is 12.1. The molecule has 1 aromatic heterocycles. The van der Waals surface area contributed by atoms with Gasteiger partial charge in [-0.1, -0.05) is 12.1 Å². The van der Waals surface area contributed by atoms with Gasteiger partial charge in [0.05, 0.1) is 12.6 Å². The molecule has 0 saturated carbocycles. The molecule has 0 aliphatic carbocycles. The van der Waals surface area contributed by atoms with Crippen molar-refractivity contribution in [3.05, 3.63) is 11.5 Å². The van der Waals surface area contributed by atoms with Crippen LogP contribution in [-0.2, 0) is 6.42 Å². The van der Waals surface area contributed by atoms with Gasteiger partial charge in [-0.3, -0.25) is 0 Å². The summed E-state index contributed by atoms with van der Waals surface area (Å²) in [6.45, 7) is 4.44. The van der Waals surface area contributed by atoms with Crippen molar-refractivity contribution in [3.8, 4) is 0 Å². The fraction of sp³-hybridized carbons (Fsp3) is 0.667. The Morgan fingerprint density at radius 3 is 3.11 bits per heavy atom. The zero-order chi connectivity index (χ0) is 13.1. The zero-order valence-corrected chi connectivity index (χ0v) is 10.8. The van der Waals surface area contributed by atoms with Crippen LogP contribution in [0, 0.1) is 6.92 Å². The number of carbonyl (C=O) groups is 1. The lowest BCUT2D eigenvalue weighted by Crippen LogP contribution is -2.40. The van der Waals surface area contributed by atoms with E-state index in [1.807, 2.05) is 6.92 Å². The van der Waals surface area contributed by atoms with Gasteiger partial charge in [0, 0.05) is 13.0 Å². The molecule has 1 unspecified atom stereocenters. The van der Waals surface area contributed by atoms with Crippen LogP contribution in [0.15, 0.2) is 4.52 Å². The van der Waals surface area contributed by atoms with Gasteiger partial charge in [-0.2, -0.15) is 0 Å². The van der Waals surface area contributed by atoms with E-state index in [9.17, 15) is 9.90 Å². The van der Waals surface area contributed by atoms with Gasteiger partial charge in [-0.15, -0.1) is 0 Å². The van der Waals surface area contributed by atoms with E-state index in [0.29, 0.717) is 30.1 Å². The third kappa shape index (κ3) is 2.33. The predicted molar refractivity (Wildman–Crippen MR) is 66.5 cm³/mol. The largest absolute Gasteiger partial charge is 0.394 e. The van der Waals surface area contributed by atoms with Crippen LogP contribution in [0.5, 0.6) is 0 Å². The number of amides is 2. The van der Waals surface area contributed by atoms with Crippen molar-refractivity contribution in [2.45, 2.75) is 39.2 Å². The lowest BCUT2D eigenvalue weighted by Gasteiger charge is -2.23. The molecule has 1 aromatic rings. The molecule has 1 aliphatic rings. The van der Waals surface area contributed by atoms with Gasteiger partial charge in [0.15, 0.2) is 5.76 Å². The molecule has 6 nitrogen and oxygen atoms in total. The van der Waals surface area contributed by atoms with Gasteiger partial charge >= 0.3 is 6.03 Å². The van der Waals surface area contributed by atoms with Crippen molar-refractivity contribution in [2.75, 3.05) is 18.5 Å². The van der Waals surface area contributed by atoms with Crippen molar-refractivity contribution in [2.24, 2.45) is 0 Å². The van der Waals surface area contributed by atoms with E-state index in [2.05, 4.69) is 10.5 Å². The highest BCUT2D eigenvalue weighted by Gasteiger charge is 2.29. The lowest BCUT2D eigenvalue weighted by atomic mass is 10.2. The fourth-order valence-corrected chi connectivity index (χ4v) is 2.29. The van der Waals surface area contributed by atoms with Crippen LogP contribution in [0.2, 0.25) is 0 Å². The van der Waals surface area contributed by atoms with Crippen LogP contribution in [0.1, 0.15) is 31.2 Å². The summed E-state index contributed by atoms with van der Waals surface area (Å²) in [6, 6.07) is -0.261. The molecule has 0 aromatic carbocycles. The minimum atomic E-state index is -0.187. The van der Waals surface area contributed by atoms with E-state index in [4.69, 9.17) is 4.52 Å². The van der Waals surface area contributed by atoms with Gasteiger partial charge < -0.3 is 19.8 Å². The zero-order valence-electron chi connectivity index (χ0n) is 10.8. The molecule has 0 radical (unpaired) electrons. The molecule has 100 valence electrons. The molecular weight excluding hydrogens is 234 g/mol. The van der Waals surface area contributed by atoms with Crippen LogP contribution in [0.25, 0.3) is 0 Å². The summed E-state index contributed by atoms with van der Waals surface area (Å²) in [4.78, 5) is 13.8. The second-order valence-corrected chi connectivity index (χ2v) is 4.52. The van der Waals surface area contributed by atoms with E-state index in [1.165, 1.54) is 0 Å². The predicted octanol–water partition coefficient (Wildman–Crippen LogP) is 1.53. The first-order valence-electron chi connectivity index (χ1n) is 6.31. The molecule has 0 spiro atoms. The Hall–Kier alpha value is -1.56. The highest BCUT2D eigenvalue weighted by atomic mass is 16.5. The Balaban J connectivity index is 2.09. The van der Waals surface area contributed by atoms with Crippen LogP contribution in [-0.4, -0.2) is 40.4 Å². The van der Waals surface area contributed by atoms with Gasteiger partial charge in [-0.25, -0.2) is 4.79 Å². The van der Waals surface area contributed by atoms with Crippen LogP contribution >= 0.6 is 0 Å². The number of anilines is 1. The highest BCUT2D eigenvalue weighted by Crippen LogP contribution is 2.23. The van der Waals surface area contributed by atoms with Gasteiger partial charge in [0.25, 0.3) is 0 Å². The number of urea groups is 1. The summed E-state index contributed by atoms with van der Waals surface area (Å²) in [7, 11) is 0. The number of nitrogens with one attached hydrogen (secondary N) is 1. The smallest absolute Gasteiger partial charge is 0.322 e. The van der Waals surface area contributed by atoms with Crippen molar-refractivity contribution in [3.63, 3.8) is 0 Å². The van der Waals surface area contributed by atoms with E-state index in [-0.39, 0.29) is 18.7 Å².